The van der Waals surface area contributed by atoms with Gasteiger partial charge in [-0.15, -0.1) is 0 Å². The van der Waals surface area contributed by atoms with E-state index in [1.165, 1.54) is 18.4 Å². The van der Waals surface area contributed by atoms with E-state index in [-0.39, 0.29) is 18.1 Å². The Bertz CT molecular complexity index is 484. The number of hydrogen-bond donors (Lipinski definition) is 1. The number of carbonyl (C=O) groups is 1. The molecule has 114 valence electrons. The van der Waals surface area contributed by atoms with Crippen molar-refractivity contribution in [2.24, 2.45) is 0 Å². The minimum absolute atomic E-state index is 0.0642. The van der Waals surface area contributed by atoms with Gasteiger partial charge in [0.1, 0.15) is 0 Å². The van der Waals surface area contributed by atoms with Crippen LogP contribution in [0, 0.1) is 0 Å². The Morgan fingerprint density at radius 1 is 1.19 bits per heavy atom. The van der Waals surface area contributed by atoms with Gasteiger partial charge in [0.05, 0.1) is 6.04 Å². The van der Waals surface area contributed by atoms with E-state index < -0.39 is 0 Å². The Morgan fingerprint density at radius 2 is 1.90 bits per heavy atom. The van der Waals surface area contributed by atoms with Crippen molar-refractivity contribution < 1.29 is 4.79 Å². The van der Waals surface area contributed by atoms with Crippen LogP contribution in [0.1, 0.15) is 38.3 Å². The monoisotopic (exact) mass is 287 g/mol. The third-order valence-corrected chi connectivity index (χ3v) is 4.33. The first-order valence-electron chi connectivity index (χ1n) is 8.01. The lowest BCUT2D eigenvalue weighted by Crippen LogP contribution is -2.54. The van der Waals surface area contributed by atoms with Crippen LogP contribution in [0.25, 0.3) is 0 Å². The number of rotatable bonds is 3. The second-order valence-corrected chi connectivity index (χ2v) is 6.45. The average molecular weight is 287 g/mol. The van der Waals surface area contributed by atoms with E-state index in [2.05, 4.69) is 34.5 Å². The first-order valence-corrected chi connectivity index (χ1v) is 8.01. The number of benzene rings is 1. The van der Waals surface area contributed by atoms with Crippen LogP contribution in [-0.2, 0) is 0 Å². The molecule has 1 atom stereocenters. The SMILES string of the molecule is CC(C)NC(=O)N1CCN(C2CC2)CC1c1ccccc1. The molecule has 1 N–H and O–H groups in total. The molecule has 1 aliphatic heterocycles. The maximum absolute atomic E-state index is 12.5. The Kier molecular flexibility index (Phi) is 4.15. The molecule has 1 unspecified atom stereocenters. The standard InChI is InChI=1S/C17H25N3O/c1-13(2)18-17(21)20-11-10-19(15-8-9-15)12-16(20)14-6-4-3-5-7-14/h3-7,13,15-16H,8-12H2,1-2H3,(H,18,21). The van der Waals surface area contributed by atoms with Crippen molar-refractivity contribution in [1.82, 2.24) is 15.1 Å². The smallest absolute Gasteiger partial charge is 0.318 e. The maximum Gasteiger partial charge on any atom is 0.318 e. The van der Waals surface area contributed by atoms with E-state index in [0.29, 0.717) is 0 Å². The van der Waals surface area contributed by atoms with Gasteiger partial charge in [-0.1, -0.05) is 30.3 Å². The fourth-order valence-electron chi connectivity index (χ4n) is 3.11. The molecule has 0 spiro atoms. The van der Waals surface area contributed by atoms with E-state index in [1.807, 2.05) is 24.8 Å². The molecule has 2 fully saturated rings. The van der Waals surface area contributed by atoms with Crippen LogP contribution in [-0.4, -0.2) is 47.5 Å². The van der Waals surface area contributed by atoms with Crippen molar-refractivity contribution in [3.05, 3.63) is 35.9 Å². The summed E-state index contributed by atoms with van der Waals surface area (Å²) in [4.78, 5) is 17.0. The lowest BCUT2D eigenvalue weighted by atomic mass is 10.0. The van der Waals surface area contributed by atoms with Crippen molar-refractivity contribution in [3.8, 4) is 0 Å². The summed E-state index contributed by atoms with van der Waals surface area (Å²) in [6.07, 6.45) is 2.64. The first-order chi connectivity index (χ1) is 10.1. The predicted octanol–water partition coefficient (Wildman–Crippen LogP) is 2.63. The molecule has 1 saturated heterocycles. The van der Waals surface area contributed by atoms with Crippen molar-refractivity contribution in [2.45, 2.75) is 44.8 Å². The number of amides is 2. The van der Waals surface area contributed by atoms with Gasteiger partial charge in [-0.3, -0.25) is 4.90 Å². The van der Waals surface area contributed by atoms with Crippen molar-refractivity contribution >= 4 is 6.03 Å². The molecule has 1 aromatic rings. The van der Waals surface area contributed by atoms with E-state index in [0.717, 1.165) is 25.7 Å². The fourth-order valence-corrected chi connectivity index (χ4v) is 3.11. The summed E-state index contributed by atoms with van der Waals surface area (Å²) in [5.74, 6) is 0. The summed E-state index contributed by atoms with van der Waals surface area (Å²) in [5, 5.41) is 3.04. The Hall–Kier alpha value is -1.55. The van der Waals surface area contributed by atoms with Crippen LogP contribution in [0.15, 0.2) is 30.3 Å². The molecule has 2 aliphatic rings. The molecule has 21 heavy (non-hydrogen) atoms. The van der Waals surface area contributed by atoms with Gasteiger partial charge in [0, 0.05) is 31.7 Å². The number of urea groups is 1. The minimum atomic E-state index is 0.0642. The Morgan fingerprint density at radius 3 is 2.52 bits per heavy atom. The van der Waals surface area contributed by atoms with Gasteiger partial charge in [0.25, 0.3) is 0 Å². The molecule has 0 bridgehead atoms. The number of nitrogens with one attached hydrogen (secondary N) is 1. The number of carbonyl (C=O) groups excluding carboxylic acids is 1. The van der Waals surface area contributed by atoms with Crippen LogP contribution < -0.4 is 5.32 Å². The highest BCUT2D eigenvalue weighted by Gasteiger charge is 2.37. The summed E-state index contributed by atoms with van der Waals surface area (Å²) < 4.78 is 0. The topological polar surface area (TPSA) is 35.6 Å². The highest BCUT2D eigenvalue weighted by molar-refractivity contribution is 5.75. The van der Waals surface area contributed by atoms with E-state index in [9.17, 15) is 4.79 Å². The van der Waals surface area contributed by atoms with Gasteiger partial charge in [-0.2, -0.15) is 0 Å². The third-order valence-electron chi connectivity index (χ3n) is 4.33. The van der Waals surface area contributed by atoms with Gasteiger partial charge in [-0.05, 0) is 32.3 Å². The zero-order valence-corrected chi connectivity index (χ0v) is 13.0. The molecular formula is C17H25N3O. The number of piperazine rings is 1. The molecule has 4 heteroatoms. The average Bonchev–Trinajstić information content (AvgIpc) is 3.31. The second kappa shape index (κ2) is 6.06. The van der Waals surface area contributed by atoms with E-state index in [1.54, 1.807) is 0 Å². The molecule has 3 rings (SSSR count). The molecule has 1 aromatic carbocycles. The van der Waals surface area contributed by atoms with Crippen LogP contribution in [0.3, 0.4) is 0 Å². The zero-order chi connectivity index (χ0) is 14.8. The van der Waals surface area contributed by atoms with Crippen LogP contribution in [0.2, 0.25) is 0 Å². The molecule has 1 aliphatic carbocycles. The fraction of sp³-hybridized carbons (Fsp3) is 0.588. The van der Waals surface area contributed by atoms with Crippen LogP contribution >= 0.6 is 0 Å². The highest BCUT2D eigenvalue weighted by atomic mass is 16.2. The zero-order valence-electron chi connectivity index (χ0n) is 13.0. The van der Waals surface area contributed by atoms with Crippen molar-refractivity contribution in [3.63, 3.8) is 0 Å². The molecule has 4 nitrogen and oxygen atoms in total. The summed E-state index contributed by atoms with van der Waals surface area (Å²) in [6.45, 7) is 6.79. The van der Waals surface area contributed by atoms with Crippen molar-refractivity contribution in [2.75, 3.05) is 19.6 Å². The van der Waals surface area contributed by atoms with Crippen molar-refractivity contribution in [1.29, 1.82) is 0 Å². The number of hydrogen-bond acceptors (Lipinski definition) is 2. The summed E-state index contributed by atoms with van der Waals surface area (Å²) in [7, 11) is 0. The summed E-state index contributed by atoms with van der Waals surface area (Å²) in [5.41, 5.74) is 1.24. The Balaban J connectivity index is 1.78. The predicted molar refractivity (Wildman–Crippen MR) is 84.2 cm³/mol. The highest BCUT2D eigenvalue weighted by Crippen LogP contribution is 2.33. The molecule has 0 aromatic heterocycles. The molecular weight excluding hydrogens is 262 g/mol. The quantitative estimate of drug-likeness (QED) is 0.927. The maximum atomic E-state index is 12.5. The van der Waals surface area contributed by atoms with Crippen LogP contribution in [0.5, 0.6) is 0 Å². The summed E-state index contributed by atoms with van der Waals surface area (Å²) in [6, 6.07) is 11.6. The third kappa shape index (κ3) is 3.38. The van der Waals surface area contributed by atoms with Crippen LogP contribution in [0.4, 0.5) is 4.79 Å². The minimum Gasteiger partial charge on any atom is -0.336 e. The molecule has 1 saturated carbocycles. The van der Waals surface area contributed by atoms with Gasteiger partial charge in [0.2, 0.25) is 0 Å². The molecule has 1 heterocycles. The van der Waals surface area contributed by atoms with E-state index in [4.69, 9.17) is 0 Å². The normalized spacial score (nSPS) is 23.4. The largest absolute Gasteiger partial charge is 0.336 e. The van der Waals surface area contributed by atoms with E-state index >= 15 is 0 Å². The molecule has 2 amide bonds. The lowest BCUT2D eigenvalue weighted by molar-refractivity contribution is 0.0883. The second-order valence-electron chi connectivity index (χ2n) is 6.45. The molecule has 0 radical (unpaired) electrons. The lowest BCUT2D eigenvalue weighted by Gasteiger charge is -2.42. The van der Waals surface area contributed by atoms with Gasteiger partial charge in [0.15, 0.2) is 0 Å². The summed E-state index contributed by atoms with van der Waals surface area (Å²) >= 11 is 0. The van der Waals surface area contributed by atoms with Gasteiger partial charge >= 0.3 is 6.03 Å². The number of nitrogens with zero attached hydrogens (tertiary/aromatic N) is 2. The Labute approximate surface area is 127 Å². The first kappa shape index (κ1) is 14.4. The van der Waals surface area contributed by atoms with Gasteiger partial charge in [-0.25, -0.2) is 4.79 Å². The van der Waals surface area contributed by atoms with Gasteiger partial charge < -0.3 is 10.2 Å².